The third-order valence-electron chi connectivity index (χ3n) is 2.85. The molecule has 0 spiro atoms. The Bertz CT molecular complexity index is 390. The highest BCUT2D eigenvalue weighted by Gasteiger charge is 2.03. The van der Waals surface area contributed by atoms with Crippen molar-refractivity contribution in [2.24, 2.45) is 0 Å². The fraction of sp³-hybridized carbons (Fsp3) is 0.533. The first-order valence-corrected chi connectivity index (χ1v) is 7.69. The van der Waals surface area contributed by atoms with Crippen LogP contribution >= 0.6 is 11.8 Å². The molecular weight excluding hydrogens is 242 g/mol. The van der Waals surface area contributed by atoms with E-state index in [1.54, 1.807) is 11.8 Å². The van der Waals surface area contributed by atoms with Crippen LogP contribution in [0.2, 0.25) is 0 Å². The van der Waals surface area contributed by atoms with Gasteiger partial charge in [-0.25, -0.2) is 0 Å². The molecule has 100 valence electrons. The minimum Gasteiger partial charge on any atom is -0.355 e. The molecule has 0 saturated carbocycles. The van der Waals surface area contributed by atoms with Gasteiger partial charge in [0.2, 0.25) is 5.91 Å². The third kappa shape index (κ3) is 5.58. The monoisotopic (exact) mass is 265 g/mol. The Labute approximate surface area is 115 Å². The molecule has 0 radical (unpaired) electrons. The van der Waals surface area contributed by atoms with Gasteiger partial charge in [0.1, 0.15) is 0 Å². The molecule has 1 aromatic rings. The van der Waals surface area contributed by atoms with Crippen molar-refractivity contribution in [3.8, 4) is 0 Å². The Balaban J connectivity index is 2.28. The number of nitrogens with one attached hydrogen (secondary N) is 1. The molecule has 0 unspecified atom stereocenters. The van der Waals surface area contributed by atoms with Crippen molar-refractivity contribution in [2.45, 2.75) is 39.4 Å². The van der Waals surface area contributed by atoms with E-state index in [0.717, 1.165) is 25.1 Å². The van der Waals surface area contributed by atoms with Crippen LogP contribution < -0.4 is 5.32 Å². The lowest BCUT2D eigenvalue weighted by Crippen LogP contribution is -2.26. The first-order chi connectivity index (χ1) is 8.63. The Morgan fingerprint density at radius 1 is 1.33 bits per heavy atom. The summed E-state index contributed by atoms with van der Waals surface area (Å²) >= 11 is 1.68. The minimum absolute atomic E-state index is 0.152. The molecule has 1 rings (SSSR count). The van der Waals surface area contributed by atoms with Crippen LogP contribution in [-0.2, 0) is 10.5 Å². The number of rotatable bonds is 7. The van der Waals surface area contributed by atoms with Crippen molar-refractivity contribution < 1.29 is 4.79 Å². The van der Waals surface area contributed by atoms with E-state index in [1.807, 2.05) is 0 Å². The molecule has 0 heterocycles. The van der Waals surface area contributed by atoms with Crippen molar-refractivity contribution in [1.82, 2.24) is 5.32 Å². The Hall–Kier alpha value is -0.960. The average molecular weight is 265 g/mol. The van der Waals surface area contributed by atoms with Crippen LogP contribution in [0.5, 0.6) is 0 Å². The van der Waals surface area contributed by atoms with Crippen molar-refractivity contribution in [3.05, 3.63) is 34.9 Å². The Kier molecular flexibility index (Phi) is 6.88. The predicted octanol–water partition coefficient (Wildman–Crippen LogP) is 3.45. The molecule has 18 heavy (non-hydrogen) atoms. The fourth-order valence-electron chi connectivity index (χ4n) is 1.67. The van der Waals surface area contributed by atoms with Crippen LogP contribution in [0.3, 0.4) is 0 Å². The number of unbranched alkanes of at least 4 members (excludes halogenated alkanes) is 1. The van der Waals surface area contributed by atoms with Crippen molar-refractivity contribution in [1.29, 1.82) is 0 Å². The van der Waals surface area contributed by atoms with E-state index in [2.05, 4.69) is 44.3 Å². The maximum Gasteiger partial charge on any atom is 0.230 e. The molecule has 1 aromatic carbocycles. The molecule has 0 atom stereocenters. The smallest absolute Gasteiger partial charge is 0.230 e. The maximum absolute atomic E-state index is 11.5. The van der Waals surface area contributed by atoms with Gasteiger partial charge in [0.05, 0.1) is 5.75 Å². The SMILES string of the molecule is CCCCNC(=O)CSCc1cc(C)ccc1C. The van der Waals surface area contributed by atoms with Crippen LogP contribution in [0.15, 0.2) is 18.2 Å². The number of thioether (sulfide) groups is 1. The van der Waals surface area contributed by atoms with E-state index in [4.69, 9.17) is 0 Å². The lowest BCUT2D eigenvalue weighted by Gasteiger charge is -2.07. The standard InChI is InChI=1S/C15H23NOS/c1-4-5-8-16-15(17)11-18-10-14-9-12(2)6-7-13(14)3/h6-7,9H,4-5,8,10-11H2,1-3H3,(H,16,17). The highest BCUT2D eigenvalue weighted by Crippen LogP contribution is 2.17. The van der Waals surface area contributed by atoms with Gasteiger partial charge in [-0.2, -0.15) is 0 Å². The summed E-state index contributed by atoms with van der Waals surface area (Å²) < 4.78 is 0. The van der Waals surface area contributed by atoms with Gasteiger partial charge >= 0.3 is 0 Å². The number of carbonyl (C=O) groups excluding carboxylic acids is 1. The molecule has 1 amide bonds. The van der Waals surface area contributed by atoms with Crippen LogP contribution in [0.4, 0.5) is 0 Å². The molecule has 0 saturated heterocycles. The summed E-state index contributed by atoms with van der Waals surface area (Å²) in [6.07, 6.45) is 2.18. The quantitative estimate of drug-likeness (QED) is 0.765. The minimum atomic E-state index is 0.152. The number of benzene rings is 1. The van der Waals surface area contributed by atoms with Crippen LogP contribution in [0.1, 0.15) is 36.5 Å². The number of carbonyl (C=O) groups is 1. The molecule has 0 aliphatic heterocycles. The summed E-state index contributed by atoms with van der Waals surface area (Å²) in [6, 6.07) is 6.48. The van der Waals surface area contributed by atoms with E-state index >= 15 is 0 Å². The molecule has 2 nitrogen and oxygen atoms in total. The second-order valence-corrected chi connectivity index (χ2v) is 5.61. The molecule has 1 N–H and O–H groups in total. The summed E-state index contributed by atoms with van der Waals surface area (Å²) in [5.74, 6) is 1.62. The fourth-order valence-corrected chi connectivity index (χ4v) is 2.59. The van der Waals surface area contributed by atoms with Gasteiger partial charge in [-0.1, -0.05) is 37.1 Å². The zero-order valence-electron chi connectivity index (χ0n) is 11.6. The number of amides is 1. The van der Waals surface area contributed by atoms with Gasteiger partial charge in [0, 0.05) is 12.3 Å². The van der Waals surface area contributed by atoms with Gasteiger partial charge in [-0.05, 0) is 31.4 Å². The van der Waals surface area contributed by atoms with Gasteiger partial charge in [-0.3, -0.25) is 4.79 Å². The molecule has 0 aromatic heterocycles. The van der Waals surface area contributed by atoms with Gasteiger partial charge in [0.25, 0.3) is 0 Å². The Morgan fingerprint density at radius 3 is 2.83 bits per heavy atom. The molecule has 3 heteroatoms. The topological polar surface area (TPSA) is 29.1 Å². The van der Waals surface area contributed by atoms with Crippen molar-refractivity contribution in [2.75, 3.05) is 12.3 Å². The second-order valence-electron chi connectivity index (χ2n) is 4.63. The summed E-state index contributed by atoms with van der Waals surface area (Å²) in [5.41, 5.74) is 3.92. The molecule has 0 aliphatic rings. The van der Waals surface area contributed by atoms with Crippen molar-refractivity contribution >= 4 is 17.7 Å². The number of hydrogen-bond donors (Lipinski definition) is 1. The number of aryl methyl sites for hydroxylation is 2. The second kappa shape index (κ2) is 8.20. The first kappa shape index (κ1) is 15.1. The average Bonchev–Trinajstić information content (AvgIpc) is 2.34. The molecule has 0 bridgehead atoms. The Morgan fingerprint density at radius 2 is 2.11 bits per heavy atom. The van der Waals surface area contributed by atoms with Crippen LogP contribution in [0.25, 0.3) is 0 Å². The van der Waals surface area contributed by atoms with Gasteiger partial charge in [0.15, 0.2) is 0 Å². The largest absolute Gasteiger partial charge is 0.355 e. The van der Waals surface area contributed by atoms with E-state index in [0.29, 0.717) is 5.75 Å². The maximum atomic E-state index is 11.5. The van der Waals surface area contributed by atoms with Crippen LogP contribution in [0, 0.1) is 13.8 Å². The predicted molar refractivity (Wildman–Crippen MR) is 80.0 cm³/mol. The van der Waals surface area contributed by atoms with Crippen LogP contribution in [-0.4, -0.2) is 18.2 Å². The zero-order chi connectivity index (χ0) is 13.4. The van der Waals surface area contributed by atoms with Gasteiger partial charge in [-0.15, -0.1) is 11.8 Å². The lowest BCUT2D eigenvalue weighted by molar-refractivity contribution is -0.118. The molecular formula is C15H23NOS. The molecule has 0 fully saturated rings. The number of hydrogen-bond acceptors (Lipinski definition) is 2. The summed E-state index contributed by atoms with van der Waals surface area (Å²) in [5, 5.41) is 2.94. The lowest BCUT2D eigenvalue weighted by atomic mass is 10.1. The first-order valence-electron chi connectivity index (χ1n) is 6.54. The highest BCUT2D eigenvalue weighted by atomic mass is 32.2. The summed E-state index contributed by atoms with van der Waals surface area (Å²) in [7, 11) is 0. The van der Waals surface area contributed by atoms with Gasteiger partial charge < -0.3 is 5.32 Å². The van der Waals surface area contributed by atoms with E-state index < -0.39 is 0 Å². The summed E-state index contributed by atoms with van der Waals surface area (Å²) in [6.45, 7) is 7.16. The normalized spacial score (nSPS) is 10.4. The third-order valence-corrected chi connectivity index (χ3v) is 3.83. The summed E-state index contributed by atoms with van der Waals surface area (Å²) in [4.78, 5) is 11.5. The zero-order valence-corrected chi connectivity index (χ0v) is 12.4. The van der Waals surface area contributed by atoms with Crippen molar-refractivity contribution in [3.63, 3.8) is 0 Å². The van der Waals surface area contributed by atoms with E-state index in [9.17, 15) is 4.79 Å². The molecule has 0 aliphatic carbocycles. The highest BCUT2D eigenvalue weighted by molar-refractivity contribution is 7.99. The van der Waals surface area contributed by atoms with E-state index in [-0.39, 0.29) is 5.91 Å². The van der Waals surface area contributed by atoms with E-state index in [1.165, 1.54) is 16.7 Å².